The normalized spacial score (nSPS) is 10.4. The first kappa shape index (κ1) is 17.3. The Labute approximate surface area is 148 Å². The van der Waals surface area contributed by atoms with Crippen molar-refractivity contribution in [1.29, 1.82) is 0 Å². The van der Waals surface area contributed by atoms with Crippen LogP contribution in [-0.4, -0.2) is 22.0 Å². The maximum atomic E-state index is 13.7. The van der Waals surface area contributed by atoms with Gasteiger partial charge in [0, 0.05) is 7.97 Å². The van der Waals surface area contributed by atoms with E-state index in [-0.39, 0.29) is 19.4 Å². The van der Waals surface area contributed by atoms with E-state index in [0.29, 0.717) is 0 Å². The summed E-state index contributed by atoms with van der Waals surface area (Å²) in [6.45, 7) is 0.272. The lowest BCUT2D eigenvalue weighted by Gasteiger charge is -2.08. The topological polar surface area (TPSA) is 86.9 Å². The zero-order chi connectivity index (χ0) is 18.5. The van der Waals surface area contributed by atoms with Gasteiger partial charge in [-0.1, -0.05) is 36.4 Å². The summed E-state index contributed by atoms with van der Waals surface area (Å²) in [5, 5.41) is 11.1. The number of halogens is 2. The molecule has 0 aliphatic heterocycles. The van der Waals surface area contributed by atoms with Gasteiger partial charge < -0.3 is 10.6 Å². The van der Waals surface area contributed by atoms with Crippen LogP contribution in [0.15, 0.2) is 54.7 Å². The molecule has 0 saturated heterocycles. The highest BCUT2D eigenvalue weighted by Gasteiger charge is 2.21. The second kappa shape index (κ2) is 7.56. The van der Waals surface area contributed by atoms with Crippen molar-refractivity contribution in [2.75, 3.05) is 5.32 Å². The van der Waals surface area contributed by atoms with Crippen molar-refractivity contribution in [3.8, 4) is 0 Å². The number of rotatable bonds is 5. The van der Waals surface area contributed by atoms with Crippen molar-refractivity contribution in [1.82, 2.24) is 15.5 Å². The maximum Gasteiger partial charge on any atom is 0.271 e. The van der Waals surface area contributed by atoms with E-state index in [1.165, 1.54) is 6.20 Å². The average Bonchev–Trinajstić information content (AvgIpc) is 3.08. The number of amides is 2. The third-order valence-electron chi connectivity index (χ3n) is 3.60. The summed E-state index contributed by atoms with van der Waals surface area (Å²) < 4.78 is 27.4. The Morgan fingerprint density at radius 2 is 1.69 bits per heavy atom. The van der Waals surface area contributed by atoms with Crippen LogP contribution >= 0.6 is 0 Å². The number of aromatic nitrogens is 2. The first-order chi connectivity index (χ1) is 12.6. The number of benzene rings is 2. The number of nitrogens with one attached hydrogen (secondary N) is 3. The third-order valence-corrected chi connectivity index (χ3v) is 3.60. The number of carbonyl (C=O) groups is 2. The predicted octanol–water partition coefficient (Wildman–Crippen LogP) is 3.12. The molecule has 6 nitrogen and oxygen atoms in total. The lowest BCUT2D eigenvalue weighted by atomic mass is 10.2. The Kier molecular flexibility index (Phi) is 5.02. The summed E-state index contributed by atoms with van der Waals surface area (Å²) in [5.41, 5.74) is 0.151. The summed E-state index contributed by atoms with van der Waals surface area (Å²) >= 11 is 0. The molecular weight excluding hydrogens is 342 g/mol. The highest BCUT2D eigenvalue weighted by molar-refractivity contribution is 6.08. The van der Waals surface area contributed by atoms with Crippen LogP contribution in [0, 0.1) is 11.6 Å². The molecule has 2 aromatic carbocycles. The fourth-order valence-corrected chi connectivity index (χ4v) is 2.32. The van der Waals surface area contributed by atoms with Gasteiger partial charge in [-0.3, -0.25) is 14.7 Å². The number of nitrogens with zero attached hydrogens (tertiary/aromatic N) is 1. The van der Waals surface area contributed by atoms with E-state index in [9.17, 15) is 18.4 Å². The summed E-state index contributed by atoms with van der Waals surface area (Å²) in [6.07, 6.45) is 1.19. The molecule has 0 aliphatic carbocycles. The van der Waals surface area contributed by atoms with Crippen molar-refractivity contribution in [3.05, 3.63) is 83.2 Å². The van der Waals surface area contributed by atoms with E-state index < -0.39 is 29.0 Å². The van der Waals surface area contributed by atoms with Gasteiger partial charge in [-0.2, -0.15) is 5.10 Å². The second-order valence-electron chi connectivity index (χ2n) is 5.38. The molecule has 3 N–H and O–H groups in total. The summed E-state index contributed by atoms with van der Waals surface area (Å²) in [5.74, 6) is -3.53. The van der Waals surface area contributed by atoms with E-state index in [4.69, 9.17) is 0 Å². The van der Waals surface area contributed by atoms with Crippen LogP contribution in [0.3, 0.4) is 0 Å². The summed E-state index contributed by atoms with van der Waals surface area (Å²) in [4.78, 5) is 24.4. The molecular formula is C18H16F2N4O2. The molecule has 3 rings (SSSR count). The largest absolute Gasteiger partial charge is 0.347 e. The molecule has 0 spiro atoms. The van der Waals surface area contributed by atoms with Crippen molar-refractivity contribution in [2.24, 2.45) is 0 Å². The van der Waals surface area contributed by atoms with Gasteiger partial charge in [-0.05, 0) is 17.7 Å². The predicted molar refractivity (Wildman–Crippen MR) is 92.6 cm³/mol. The van der Waals surface area contributed by atoms with Crippen molar-refractivity contribution < 1.29 is 19.8 Å². The first-order valence-corrected chi connectivity index (χ1v) is 7.67. The Hall–Kier alpha value is -3.55. The van der Waals surface area contributed by atoms with Gasteiger partial charge in [0.1, 0.15) is 22.9 Å². The van der Waals surface area contributed by atoms with Gasteiger partial charge in [0.15, 0.2) is 0 Å². The molecule has 2 amide bonds. The van der Waals surface area contributed by atoms with Crippen LogP contribution in [0.4, 0.5) is 14.5 Å². The number of anilines is 1. The lowest BCUT2D eigenvalue weighted by molar-refractivity contribution is 0.0946. The maximum absolute atomic E-state index is 13.7. The summed E-state index contributed by atoms with van der Waals surface area (Å²) in [7, 11) is 0. The summed E-state index contributed by atoms with van der Waals surface area (Å²) in [6, 6.07) is 12.3. The molecule has 8 heteroatoms. The molecule has 0 unspecified atom stereocenters. The number of carbonyl (C=O) groups excluding carboxylic acids is 2. The quantitative estimate of drug-likeness (QED) is 0.655. The van der Waals surface area contributed by atoms with Crippen LogP contribution in [0.2, 0.25) is 0 Å². The fraction of sp³-hybridized carbons (Fsp3) is 0.0556. The van der Waals surface area contributed by atoms with Crippen LogP contribution in [0.1, 0.15) is 27.8 Å². The highest BCUT2D eigenvalue weighted by Crippen LogP contribution is 2.17. The lowest BCUT2D eigenvalue weighted by Crippen LogP contribution is -2.25. The molecule has 0 bridgehead atoms. The third kappa shape index (κ3) is 3.75. The van der Waals surface area contributed by atoms with Crippen molar-refractivity contribution in [2.45, 2.75) is 6.54 Å². The van der Waals surface area contributed by atoms with Gasteiger partial charge in [-0.15, -0.1) is 0 Å². The monoisotopic (exact) mass is 358 g/mol. The molecule has 0 radical (unpaired) electrons. The fourth-order valence-electron chi connectivity index (χ4n) is 2.32. The number of H-pyrrole nitrogens is 1. The molecule has 0 fully saturated rings. The standard InChI is InChI=1S/C18H14F2N4O2.H2/c19-12-7-4-8-13(20)15(12)17(25)23-14-10-22-24-16(14)18(26)21-9-11-5-2-1-3-6-11;/h1-8,10H,9H2,(H,21,26)(H,22,24)(H,23,25);1H. The number of aromatic amines is 1. The van der Waals surface area contributed by atoms with Crippen LogP contribution in [0.5, 0.6) is 0 Å². The van der Waals surface area contributed by atoms with Gasteiger partial charge in [0.2, 0.25) is 0 Å². The van der Waals surface area contributed by atoms with Gasteiger partial charge in [0.25, 0.3) is 11.8 Å². The Morgan fingerprint density at radius 1 is 1.00 bits per heavy atom. The Morgan fingerprint density at radius 3 is 2.38 bits per heavy atom. The molecule has 0 aliphatic rings. The average molecular weight is 358 g/mol. The van der Waals surface area contributed by atoms with Gasteiger partial charge in [-0.25, -0.2) is 8.78 Å². The van der Waals surface area contributed by atoms with Crippen molar-refractivity contribution >= 4 is 17.5 Å². The van der Waals surface area contributed by atoms with Crippen molar-refractivity contribution in [3.63, 3.8) is 0 Å². The van der Waals surface area contributed by atoms with E-state index >= 15 is 0 Å². The van der Waals surface area contributed by atoms with Crippen LogP contribution < -0.4 is 10.6 Å². The molecule has 1 heterocycles. The SMILES string of the molecule is O=C(NCc1ccccc1)c1[nH]ncc1NC(=O)c1c(F)cccc1F.[HH]. The smallest absolute Gasteiger partial charge is 0.271 e. The molecule has 3 aromatic rings. The Bertz CT molecular complexity index is 927. The minimum atomic E-state index is -1.01. The molecule has 1 aromatic heterocycles. The van der Waals surface area contributed by atoms with E-state index in [1.807, 2.05) is 30.3 Å². The molecule has 0 atom stereocenters. The molecule has 0 saturated carbocycles. The first-order valence-electron chi connectivity index (χ1n) is 7.67. The van der Waals surface area contributed by atoms with E-state index in [1.54, 1.807) is 0 Å². The minimum Gasteiger partial charge on any atom is -0.347 e. The van der Waals surface area contributed by atoms with Crippen LogP contribution in [0.25, 0.3) is 0 Å². The molecule has 26 heavy (non-hydrogen) atoms. The van der Waals surface area contributed by atoms with Gasteiger partial charge >= 0.3 is 0 Å². The molecule has 134 valence electrons. The number of hydrogen-bond acceptors (Lipinski definition) is 3. The minimum absolute atomic E-state index is 0. The highest BCUT2D eigenvalue weighted by atomic mass is 19.1. The Balaban J connectivity index is 0.00000261. The zero-order valence-corrected chi connectivity index (χ0v) is 13.4. The van der Waals surface area contributed by atoms with Gasteiger partial charge in [0.05, 0.1) is 11.9 Å². The zero-order valence-electron chi connectivity index (χ0n) is 13.4. The van der Waals surface area contributed by atoms with E-state index in [0.717, 1.165) is 23.8 Å². The van der Waals surface area contributed by atoms with Crippen LogP contribution in [-0.2, 0) is 6.54 Å². The van der Waals surface area contributed by atoms with E-state index in [2.05, 4.69) is 20.8 Å². The second-order valence-corrected chi connectivity index (χ2v) is 5.38. The number of hydrogen-bond donors (Lipinski definition) is 3.